The van der Waals surface area contributed by atoms with Crippen LogP contribution in [0.15, 0.2) is 24.4 Å². The molecule has 8 nitrogen and oxygen atoms in total. The standard InChI is InChI=1S/C24H30FN5O3/c25-21-7-14(1-2-15(21)13-31)9-26-22-20(23(33)28-18-3-5-19(32)6-4-18)10-27-24(29-22)30-11-16-8-17(16)12-30/h1-2,7,10,16-19,31-32H,3-6,8-9,11-13H2,(H,28,33)(H,26,27,29). The van der Waals surface area contributed by atoms with E-state index in [1.165, 1.54) is 12.5 Å². The third-order valence-electron chi connectivity index (χ3n) is 7.06. The SMILES string of the molecule is O=C(NC1CCC(O)CC1)c1cnc(N2CC3CC3C2)nc1NCc1ccc(CO)c(F)c1. The van der Waals surface area contributed by atoms with Crippen LogP contribution < -0.4 is 15.5 Å². The van der Waals surface area contributed by atoms with E-state index in [2.05, 4.69) is 25.5 Å². The minimum Gasteiger partial charge on any atom is -0.393 e. The molecular weight excluding hydrogens is 425 g/mol. The number of amides is 1. The molecular formula is C24H30FN5O3. The lowest BCUT2D eigenvalue weighted by Gasteiger charge is -2.26. The lowest BCUT2D eigenvalue weighted by Crippen LogP contribution is -2.39. The maximum absolute atomic E-state index is 14.1. The van der Waals surface area contributed by atoms with Crippen molar-refractivity contribution < 1.29 is 19.4 Å². The number of carbonyl (C=O) groups is 1. The predicted octanol–water partition coefficient (Wildman–Crippen LogP) is 2.21. The lowest BCUT2D eigenvalue weighted by atomic mass is 9.93. The van der Waals surface area contributed by atoms with Gasteiger partial charge in [0.15, 0.2) is 0 Å². The van der Waals surface area contributed by atoms with Gasteiger partial charge in [-0.3, -0.25) is 4.79 Å². The zero-order valence-electron chi connectivity index (χ0n) is 18.5. The molecule has 1 amide bonds. The summed E-state index contributed by atoms with van der Waals surface area (Å²) in [5, 5.41) is 25.2. The molecule has 0 spiro atoms. The molecule has 1 aromatic heterocycles. The first-order valence-corrected chi connectivity index (χ1v) is 11.7. The number of hydrogen-bond acceptors (Lipinski definition) is 7. The molecule has 0 radical (unpaired) electrons. The Morgan fingerprint density at radius 1 is 1.18 bits per heavy atom. The van der Waals surface area contributed by atoms with Gasteiger partial charge in [-0.2, -0.15) is 4.98 Å². The zero-order chi connectivity index (χ0) is 22.9. The number of piperidine rings is 1. The Balaban J connectivity index is 1.34. The minimum absolute atomic E-state index is 0.0132. The molecule has 176 valence electrons. The van der Waals surface area contributed by atoms with Gasteiger partial charge >= 0.3 is 0 Å². The van der Waals surface area contributed by atoms with Gasteiger partial charge in [0.1, 0.15) is 17.2 Å². The van der Waals surface area contributed by atoms with E-state index >= 15 is 0 Å². The molecule has 4 N–H and O–H groups in total. The number of aromatic nitrogens is 2. The fraction of sp³-hybridized carbons (Fsp3) is 0.542. The highest BCUT2D eigenvalue weighted by molar-refractivity contribution is 5.98. The largest absolute Gasteiger partial charge is 0.393 e. The number of nitrogens with zero attached hydrogens (tertiary/aromatic N) is 3. The first kappa shape index (κ1) is 22.0. The first-order valence-electron chi connectivity index (χ1n) is 11.7. The van der Waals surface area contributed by atoms with Crippen molar-refractivity contribution in [3.63, 3.8) is 0 Å². The number of benzene rings is 1. The molecule has 3 fully saturated rings. The topological polar surface area (TPSA) is 111 Å². The third kappa shape index (κ3) is 4.94. The predicted molar refractivity (Wildman–Crippen MR) is 121 cm³/mol. The molecule has 2 aromatic rings. The molecule has 2 aliphatic carbocycles. The number of anilines is 2. The molecule has 33 heavy (non-hydrogen) atoms. The van der Waals surface area contributed by atoms with Crippen LogP contribution in [-0.2, 0) is 13.2 Å². The van der Waals surface area contributed by atoms with Gasteiger partial charge in [-0.25, -0.2) is 9.37 Å². The summed E-state index contributed by atoms with van der Waals surface area (Å²) in [4.78, 5) is 24.4. The fourth-order valence-corrected chi connectivity index (χ4v) is 4.89. The van der Waals surface area contributed by atoms with E-state index in [9.17, 15) is 19.4 Å². The van der Waals surface area contributed by atoms with Crippen molar-refractivity contribution in [2.24, 2.45) is 11.8 Å². The number of aliphatic hydroxyl groups is 2. The lowest BCUT2D eigenvalue weighted by molar-refractivity contribution is 0.0867. The minimum atomic E-state index is -0.464. The van der Waals surface area contributed by atoms with Gasteiger partial charge in [0.2, 0.25) is 5.95 Å². The van der Waals surface area contributed by atoms with Crippen LogP contribution in [0, 0.1) is 17.7 Å². The maximum atomic E-state index is 14.1. The number of hydrogen-bond donors (Lipinski definition) is 4. The highest BCUT2D eigenvalue weighted by Gasteiger charge is 2.46. The van der Waals surface area contributed by atoms with Crippen LogP contribution in [0.2, 0.25) is 0 Å². The average Bonchev–Trinajstić information content (AvgIpc) is 3.43. The Labute approximate surface area is 192 Å². The van der Waals surface area contributed by atoms with Gasteiger partial charge in [-0.05, 0) is 55.6 Å². The van der Waals surface area contributed by atoms with E-state index in [0.717, 1.165) is 37.8 Å². The Bertz CT molecular complexity index is 1020. The summed E-state index contributed by atoms with van der Waals surface area (Å²) < 4.78 is 14.1. The number of fused-ring (bicyclic) bond motifs is 1. The van der Waals surface area contributed by atoms with Crippen molar-refractivity contribution in [3.8, 4) is 0 Å². The molecule has 1 aromatic carbocycles. The van der Waals surface area contributed by atoms with Gasteiger partial charge in [-0.15, -0.1) is 0 Å². The van der Waals surface area contributed by atoms with Gasteiger partial charge in [0.25, 0.3) is 5.91 Å². The van der Waals surface area contributed by atoms with Crippen molar-refractivity contribution in [3.05, 3.63) is 46.9 Å². The molecule has 5 rings (SSSR count). The summed E-state index contributed by atoms with van der Waals surface area (Å²) in [7, 11) is 0. The van der Waals surface area contributed by atoms with Gasteiger partial charge in [0.05, 0.1) is 12.7 Å². The number of aliphatic hydroxyl groups excluding tert-OH is 2. The van der Waals surface area contributed by atoms with Crippen LogP contribution in [-0.4, -0.2) is 51.3 Å². The van der Waals surface area contributed by atoms with Gasteiger partial charge in [-0.1, -0.05) is 12.1 Å². The highest BCUT2D eigenvalue weighted by Crippen LogP contribution is 2.45. The molecule has 2 heterocycles. The summed E-state index contributed by atoms with van der Waals surface area (Å²) in [6, 6.07) is 4.69. The van der Waals surface area contributed by atoms with Gasteiger partial charge < -0.3 is 25.7 Å². The summed E-state index contributed by atoms with van der Waals surface area (Å²) >= 11 is 0. The Morgan fingerprint density at radius 2 is 1.94 bits per heavy atom. The van der Waals surface area contributed by atoms with E-state index in [4.69, 9.17) is 0 Å². The van der Waals surface area contributed by atoms with Gasteiger partial charge in [0, 0.05) is 37.4 Å². The number of carbonyl (C=O) groups excluding carboxylic acids is 1. The Morgan fingerprint density at radius 3 is 2.64 bits per heavy atom. The summed E-state index contributed by atoms with van der Waals surface area (Å²) in [5.74, 6) is 1.75. The third-order valence-corrected chi connectivity index (χ3v) is 7.06. The summed E-state index contributed by atoms with van der Waals surface area (Å²) in [6.07, 6.45) is 5.38. The monoisotopic (exact) mass is 455 g/mol. The molecule has 0 bridgehead atoms. The molecule has 3 aliphatic rings. The Hall–Kier alpha value is -2.78. The van der Waals surface area contributed by atoms with E-state index in [1.54, 1.807) is 18.3 Å². The fourth-order valence-electron chi connectivity index (χ4n) is 4.89. The van der Waals surface area contributed by atoms with Crippen molar-refractivity contribution in [1.29, 1.82) is 0 Å². The van der Waals surface area contributed by atoms with Crippen LogP contribution >= 0.6 is 0 Å². The van der Waals surface area contributed by atoms with Crippen molar-refractivity contribution in [2.45, 2.75) is 57.4 Å². The zero-order valence-corrected chi connectivity index (χ0v) is 18.5. The van der Waals surface area contributed by atoms with Crippen molar-refractivity contribution in [1.82, 2.24) is 15.3 Å². The second kappa shape index (κ2) is 9.23. The van der Waals surface area contributed by atoms with E-state index in [0.29, 0.717) is 35.7 Å². The summed E-state index contributed by atoms with van der Waals surface area (Å²) in [6.45, 7) is 1.80. The van der Waals surface area contributed by atoms with E-state index in [-0.39, 0.29) is 36.8 Å². The van der Waals surface area contributed by atoms with Crippen LogP contribution in [0.1, 0.15) is 53.6 Å². The highest BCUT2D eigenvalue weighted by atomic mass is 19.1. The second-order valence-corrected chi connectivity index (χ2v) is 9.51. The van der Waals surface area contributed by atoms with E-state index < -0.39 is 5.82 Å². The number of rotatable bonds is 7. The molecule has 1 aliphatic heterocycles. The second-order valence-electron chi connectivity index (χ2n) is 9.51. The van der Waals surface area contributed by atoms with E-state index in [1.807, 2.05) is 0 Å². The van der Waals surface area contributed by atoms with Crippen LogP contribution in [0.5, 0.6) is 0 Å². The van der Waals surface area contributed by atoms with Crippen LogP contribution in [0.3, 0.4) is 0 Å². The quantitative estimate of drug-likeness (QED) is 0.507. The molecule has 2 saturated carbocycles. The van der Waals surface area contributed by atoms with Crippen LogP contribution in [0.25, 0.3) is 0 Å². The molecule has 1 saturated heterocycles. The van der Waals surface area contributed by atoms with Crippen LogP contribution in [0.4, 0.5) is 16.2 Å². The van der Waals surface area contributed by atoms with Crippen molar-refractivity contribution >= 4 is 17.7 Å². The maximum Gasteiger partial charge on any atom is 0.256 e. The smallest absolute Gasteiger partial charge is 0.256 e. The Kier molecular flexibility index (Phi) is 6.16. The molecule has 2 atom stereocenters. The van der Waals surface area contributed by atoms with Crippen molar-refractivity contribution in [2.75, 3.05) is 23.3 Å². The molecule has 2 unspecified atom stereocenters. The number of nitrogens with one attached hydrogen (secondary N) is 2. The molecule has 9 heteroatoms. The average molecular weight is 456 g/mol. The summed E-state index contributed by atoms with van der Waals surface area (Å²) in [5.41, 5.74) is 1.27. The number of halogens is 1. The first-order chi connectivity index (χ1) is 16.0. The normalized spacial score (nSPS) is 26.1.